The lowest BCUT2D eigenvalue weighted by Gasteiger charge is -2.10. The van der Waals surface area contributed by atoms with E-state index in [1.54, 1.807) is 6.07 Å². The molecule has 0 aromatic carbocycles. The van der Waals surface area contributed by atoms with Crippen LogP contribution >= 0.6 is 0 Å². The van der Waals surface area contributed by atoms with E-state index in [-0.39, 0.29) is 6.42 Å². The molecule has 0 spiro atoms. The van der Waals surface area contributed by atoms with E-state index in [0.717, 1.165) is 0 Å². The predicted molar refractivity (Wildman–Crippen MR) is 47.8 cm³/mol. The SMILES string of the molecule is Nc1cnccc1C(N)CC(=O)O. The molecule has 70 valence electrons. The van der Waals surface area contributed by atoms with Crippen LogP contribution in [0.1, 0.15) is 18.0 Å². The van der Waals surface area contributed by atoms with Crippen molar-refractivity contribution in [1.82, 2.24) is 4.98 Å². The molecule has 0 saturated heterocycles. The summed E-state index contributed by atoms with van der Waals surface area (Å²) in [6.07, 6.45) is 2.86. The third-order valence-corrected chi connectivity index (χ3v) is 1.68. The first-order valence-corrected chi connectivity index (χ1v) is 3.78. The van der Waals surface area contributed by atoms with Crippen molar-refractivity contribution in [2.45, 2.75) is 12.5 Å². The van der Waals surface area contributed by atoms with E-state index in [9.17, 15) is 4.79 Å². The van der Waals surface area contributed by atoms with Crippen LogP contribution in [-0.4, -0.2) is 16.1 Å². The van der Waals surface area contributed by atoms with E-state index in [2.05, 4.69) is 4.98 Å². The van der Waals surface area contributed by atoms with Crippen molar-refractivity contribution in [2.24, 2.45) is 5.73 Å². The minimum Gasteiger partial charge on any atom is -0.481 e. The zero-order chi connectivity index (χ0) is 9.84. The molecule has 5 nitrogen and oxygen atoms in total. The molecule has 0 bridgehead atoms. The topological polar surface area (TPSA) is 102 Å². The molecule has 1 aromatic heterocycles. The monoisotopic (exact) mass is 181 g/mol. The van der Waals surface area contributed by atoms with E-state index in [4.69, 9.17) is 16.6 Å². The summed E-state index contributed by atoms with van der Waals surface area (Å²) < 4.78 is 0. The van der Waals surface area contributed by atoms with Crippen LogP contribution in [0.15, 0.2) is 18.5 Å². The van der Waals surface area contributed by atoms with Gasteiger partial charge in [0, 0.05) is 12.2 Å². The number of hydrogen-bond acceptors (Lipinski definition) is 4. The first kappa shape index (κ1) is 9.47. The fraction of sp³-hybridized carbons (Fsp3) is 0.250. The summed E-state index contributed by atoms with van der Waals surface area (Å²) in [5.74, 6) is -0.941. The Kier molecular flexibility index (Phi) is 2.81. The van der Waals surface area contributed by atoms with Crippen molar-refractivity contribution in [3.63, 3.8) is 0 Å². The van der Waals surface area contributed by atoms with Crippen LogP contribution in [0.3, 0.4) is 0 Å². The number of nitrogens with two attached hydrogens (primary N) is 2. The highest BCUT2D eigenvalue weighted by Crippen LogP contribution is 2.19. The molecule has 0 saturated carbocycles. The highest BCUT2D eigenvalue weighted by molar-refractivity contribution is 5.68. The lowest BCUT2D eigenvalue weighted by atomic mass is 10.1. The molecule has 1 unspecified atom stereocenters. The van der Waals surface area contributed by atoms with Gasteiger partial charge in [-0.1, -0.05) is 0 Å². The van der Waals surface area contributed by atoms with Crippen molar-refractivity contribution in [3.05, 3.63) is 24.0 Å². The Bertz CT molecular complexity index is 314. The van der Waals surface area contributed by atoms with Crippen LogP contribution in [0.2, 0.25) is 0 Å². The molecule has 1 atom stereocenters. The van der Waals surface area contributed by atoms with E-state index < -0.39 is 12.0 Å². The fourth-order valence-electron chi connectivity index (χ4n) is 1.05. The molecule has 1 rings (SSSR count). The fourth-order valence-corrected chi connectivity index (χ4v) is 1.05. The van der Waals surface area contributed by atoms with Gasteiger partial charge in [0.2, 0.25) is 0 Å². The molecule has 0 fully saturated rings. The number of carbonyl (C=O) groups is 1. The van der Waals surface area contributed by atoms with E-state index in [0.29, 0.717) is 11.3 Å². The highest BCUT2D eigenvalue weighted by Gasteiger charge is 2.12. The van der Waals surface area contributed by atoms with Gasteiger partial charge in [0.05, 0.1) is 18.3 Å². The van der Waals surface area contributed by atoms with Gasteiger partial charge in [-0.05, 0) is 11.6 Å². The standard InChI is InChI=1S/C8H11N3O2/c9-6(3-8(12)13)5-1-2-11-4-7(5)10/h1-2,4,6H,3,9-10H2,(H,12,13). The van der Waals surface area contributed by atoms with Crippen LogP contribution in [0, 0.1) is 0 Å². The lowest BCUT2D eigenvalue weighted by Crippen LogP contribution is -2.16. The van der Waals surface area contributed by atoms with E-state index >= 15 is 0 Å². The van der Waals surface area contributed by atoms with Crippen molar-refractivity contribution >= 4 is 11.7 Å². The van der Waals surface area contributed by atoms with E-state index in [1.165, 1.54) is 12.4 Å². The number of carboxylic acid groups (broad SMARTS) is 1. The normalized spacial score (nSPS) is 12.4. The zero-order valence-electron chi connectivity index (χ0n) is 6.97. The number of hydrogen-bond donors (Lipinski definition) is 3. The maximum atomic E-state index is 10.4. The van der Waals surface area contributed by atoms with Gasteiger partial charge in [-0.25, -0.2) is 0 Å². The molecule has 1 heterocycles. The second-order valence-electron chi connectivity index (χ2n) is 2.71. The number of carboxylic acids is 1. The van der Waals surface area contributed by atoms with Gasteiger partial charge in [0.15, 0.2) is 0 Å². The average molecular weight is 181 g/mol. The summed E-state index contributed by atoms with van der Waals surface area (Å²) in [6, 6.07) is 1.06. The molecule has 0 aliphatic rings. The van der Waals surface area contributed by atoms with Gasteiger partial charge in [-0.2, -0.15) is 0 Å². The van der Waals surface area contributed by atoms with Gasteiger partial charge in [0.25, 0.3) is 0 Å². The lowest BCUT2D eigenvalue weighted by molar-refractivity contribution is -0.137. The second kappa shape index (κ2) is 3.86. The first-order chi connectivity index (χ1) is 6.11. The minimum absolute atomic E-state index is 0.131. The molecular formula is C8H11N3O2. The predicted octanol–water partition coefficient (Wildman–Crippen LogP) is 0.138. The van der Waals surface area contributed by atoms with Gasteiger partial charge >= 0.3 is 5.97 Å². The van der Waals surface area contributed by atoms with Crippen LogP contribution in [0.25, 0.3) is 0 Å². The van der Waals surface area contributed by atoms with Crippen molar-refractivity contribution in [1.29, 1.82) is 0 Å². The molecule has 0 radical (unpaired) electrons. The number of pyridine rings is 1. The Morgan fingerprint density at radius 3 is 2.92 bits per heavy atom. The molecule has 5 heteroatoms. The number of anilines is 1. The van der Waals surface area contributed by atoms with Gasteiger partial charge in [-0.3, -0.25) is 9.78 Å². The summed E-state index contributed by atoms with van der Waals surface area (Å²) in [6.45, 7) is 0. The Morgan fingerprint density at radius 1 is 1.69 bits per heavy atom. The number of aliphatic carboxylic acids is 1. The van der Waals surface area contributed by atoms with Crippen LogP contribution in [0.4, 0.5) is 5.69 Å². The largest absolute Gasteiger partial charge is 0.481 e. The molecule has 5 N–H and O–H groups in total. The van der Waals surface area contributed by atoms with Crippen LogP contribution < -0.4 is 11.5 Å². The smallest absolute Gasteiger partial charge is 0.305 e. The molecule has 0 amide bonds. The summed E-state index contributed by atoms with van der Waals surface area (Å²) >= 11 is 0. The Labute approximate surface area is 75.4 Å². The second-order valence-corrected chi connectivity index (χ2v) is 2.71. The Morgan fingerprint density at radius 2 is 2.38 bits per heavy atom. The number of rotatable bonds is 3. The molecule has 13 heavy (non-hydrogen) atoms. The average Bonchev–Trinajstić information content (AvgIpc) is 2.03. The first-order valence-electron chi connectivity index (χ1n) is 3.78. The maximum absolute atomic E-state index is 10.4. The highest BCUT2D eigenvalue weighted by atomic mass is 16.4. The quantitative estimate of drug-likeness (QED) is 0.615. The van der Waals surface area contributed by atoms with Gasteiger partial charge in [-0.15, -0.1) is 0 Å². The minimum atomic E-state index is -0.941. The number of nitrogen functional groups attached to an aromatic ring is 1. The molecular weight excluding hydrogens is 170 g/mol. The summed E-state index contributed by atoms with van der Waals surface area (Å²) in [4.78, 5) is 14.1. The molecule has 0 aliphatic heterocycles. The van der Waals surface area contributed by atoms with Crippen LogP contribution in [0.5, 0.6) is 0 Å². The summed E-state index contributed by atoms with van der Waals surface area (Å²) in [5, 5.41) is 8.50. The number of nitrogens with zero attached hydrogens (tertiary/aromatic N) is 1. The van der Waals surface area contributed by atoms with E-state index in [1.807, 2.05) is 0 Å². The maximum Gasteiger partial charge on any atom is 0.305 e. The third kappa shape index (κ3) is 2.41. The van der Waals surface area contributed by atoms with Crippen molar-refractivity contribution < 1.29 is 9.90 Å². The van der Waals surface area contributed by atoms with Gasteiger partial charge < -0.3 is 16.6 Å². The third-order valence-electron chi connectivity index (χ3n) is 1.68. The van der Waals surface area contributed by atoms with Crippen molar-refractivity contribution in [3.8, 4) is 0 Å². The summed E-state index contributed by atoms with van der Waals surface area (Å²) in [5.41, 5.74) is 12.2. The van der Waals surface area contributed by atoms with Gasteiger partial charge in [0.1, 0.15) is 0 Å². The Hall–Kier alpha value is -1.62. The molecule has 1 aromatic rings. The number of aromatic nitrogens is 1. The van der Waals surface area contributed by atoms with Crippen LogP contribution in [-0.2, 0) is 4.79 Å². The molecule has 0 aliphatic carbocycles. The summed E-state index contributed by atoms with van der Waals surface area (Å²) in [7, 11) is 0. The van der Waals surface area contributed by atoms with Crippen molar-refractivity contribution in [2.75, 3.05) is 5.73 Å². The Balaban J connectivity index is 2.82. The zero-order valence-corrected chi connectivity index (χ0v) is 6.97.